The van der Waals surface area contributed by atoms with Gasteiger partial charge in [0.1, 0.15) is 11.4 Å². The molecule has 38 heavy (non-hydrogen) atoms. The normalized spacial score (nSPS) is 11.9. The standard InChI is InChI=1S/C29H23N5O4/c1-38-22-14-13-20-15-18(11-12-21(20)16-22)17-30-33-29(37)26(31-27(35)19-7-3-2-4-8-19)25-23-9-5-6-10-24(23)28(36)34-32-25/h2-17,26H,1H3,(H,31,35)(H,33,37)(H,34,36)/b30-17+. The minimum Gasteiger partial charge on any atom is -0.497 e. The number of rotatable bonds is 7. The molecule has 1 aromatic heterocycles. The number of nitrogens with one attached hydrogen (secondary N) is 3. The van der Waals surface area contributed by atoms with Crippen LogP contribution in [0.25, 0.3) is 21.5 Å². The average molecular weight is 506 g/mol. The molecule has 1 heterocycles. The van der Waals surface area contributed by atoms with Crippen LogP contribution in [-0.2, 0) is 4.79 Å². The van der Waals surface area contributed by atoms with Crippen molar-refractivity contribution < 1.29 is 14.3 Å². The first kappa shape index (κ1) is 24.4. The molecule has 5 rings (SSSR count). The Labute approximate surface area is 217 Å². The summed E-state index contributed by atoms with van der Waals surface area (Å²) in [5, 5.41) is 16.1. The second kappa shape index (κ2) is 10.8. The van der Waals surface area contributed by atoms with Gasteiger partial charge in [-0.15, -0.1) is 0 Å². The summed E-state index contributed by atoms with van der Waals surface area (Å²) < 4.78 is 5.26. The average Bonchev–Trinajstić information content (AvgIpc) is 2.96. The van der Waals surface area contributed by atoms with E-state index in [1.807, 2.05) is 36.4 Å². The van der Waals surface area contributed by atoms with Crippen LogP contribution < -0.4 is 21.0 Å². The summed E-state index contributed by atoms with van der Waals surface area (Å²) in [6.45, 7) is 0. The molecular weight excluding hydrogens is 482 g/mol. The van der Waals surface area contributed by atoms with Gasteiger partial charge in [-0.3, -0.25) is 14.4 Å². The van der Waals surface area contributed by atoms with Gasteiger partial charge in [-0.25, -0.2) is 10.5 Å². The number of carbonyl (C=O) groups excluding carboxylic acids is 2. The predicted molar refractivity (Wildman–Crippen MR) is 145 cm³/mol. The molecule has 188 valence electrons. The number of hydrazone groups is 1. The molecule has 0 radical (unpaired) electrons. The second-order valence-electron chi connectivity index (χ2n) is 8.46. The van der Waals surface area contributed by atoms with Crippen LogP contribution in [0.1, 0.15) is 27.7 Å². The first-order valence-corrected chi connectivity index (χ1v) is 11.8. The van der Waals surface area contributed by atoms with Crippen LogP contribution in [0.3, 0.4) is 0 Å². The van der Waals surface area contributed by atoms with Crippen LogP contribution in [-0.4, -0.2) is 35.3 Å². The lowest BCUT2D eigenvalue weighted by Crippen LogP contribution is -2.40. The lowest BCUT2D eigenvalue weighted by atomic mass is 10.0. The van der Waals surface area contributed by atoms with Gasteiger partial charge in [-0.1, -0.05) is 54.6 Å². The summed E-state index contributed by atoms with van der Waals surface area (Å²) in [6, 6.07) is 25.5. The number of carbonyl (C=O) groups is 2. The van der Waals surface area contributed by atoms with Crippen molar-refractivity contribution in [2.45, 2.75) is 6.04 Å². The highest BCUT2D eigenvalue weighted by molar-refractivity contribution is 5.99. The number of aromatic amines is 1. The van der Waals surface area contributed by atoms with Crippen LogP contribution in [0.15, 0.2) is 101 Å². The fourth-order valence-corrected chi connectivity index (χ4v) is 4.10. The molecule has 0 spiro atoms. The van der Waals surface area contributed by atoms with Gasteiger partial charge in [0.15, 0.2) is 6.04 Å². The van der Waals surface area contributed by atoms with Crippen LogP contribution in [0.5, 0.6) is 5.75 Å². The molecule has 1 unspecified atom stereocenters. The molecule has 0 saturated heterocycles. The van der Waals surface area contributed by atoms with Gasteiger partial charge in [-0.05, 0) is 52.7 Å². The third-order valence-electron chi connectivity index (χ3n) is 6.03. The predicted octanol–water partition coefficient (Wildman–Crippen LogP) is 3.71. The number of amides is 2. The number of fused-ring (bicyclic) bond motifs is 2. The summed E-state index contributed by atoms with van der Waals surface area (Å²) in [7, 11) is 1.62. The highest BCUT2D eigenvalue weighted by atomic mass is 16.5. The molecule has 0 saturated carbocycles. The van der Waals surface area contributed by atoms with Crippen molar-refractivity contribution in [1.29, 1.82) is 0 Å². The number of ether oxygens (including phenoxy) is 1. The van der Waals surface area contributed by atoms with E-state index < -0.39 is 23.4 Å². The summed E-state index contributed by atoms with van der Waals surface area (Å²) >= 11 is 0. The number of hydrogen-bond donors (Lipinski definition) is 3. The molecule has 4 aromatic carbocycles. The van der Waals surface area contributed by atoms with Crippen LogP contribution in [0.2, 0.25) is 0 Å². The fourth-order valence-electron chi connectivity index (χ4n) is 4.10. The fraction of sp³-hybridized carbons (Fsp3) is 0.0690. The Morgan fingerprint density at radius 2 is 1.63 bits per heavy atom. The van der Waals surface area contributed by atoms with E-state index >= 15 is 0 Å². The molecule has 0 aliphatic carbocycles. The highest BCUT2D eigenvalue weighted by Gasteiger charge is 2.27. The van der Waals surface area contributed by atoms with E-state index in [9.17, 15) is 14.4 Å². The van der Waals surface area contributed by atoms with Gasteiger partial charge in [0.2, 0.25) is 0 Å². The Bertz CT molecular complexity index is 1730. The van der Waals surface area contributed by atoms with E-state index in [1.54, 1.807) is 61.7 Å². The minimum absolute atomic E-state index is 0.192. The van der Waals surface area contributed by atoms with Crippen molar-refractivity contribution in [3.05, 3.63) is 118 Å². The third-order valence-corrected chi connectivity index (χ3v) is 6.03. The molecule has 0 fully saturated rings. The van der Waals surface area contributed by atoms with Crippen molar-refractivity contribution >= 4 is 39.6 Å². The van der Waals surface area contributed by atoms with Gasteiger partial charge in [-0.2, -0.15) is 10.2 Å². The number of aromatic nitrogens is 2. The van der Waals surface area contributed by atoms with Crippen molar-refractivity contribution in [2.75, 3.05) is 7.11 Å². The maximum absolute atomic E-state index is 13.3. The molecule has 9 nitrogen and oxygen atoms in total. The van der Waals surface area contributed by atoms with Gasteiger partial charge >= 0.3 is 0 Å². The number of benzene rings is 4. The summed E-state index contributed by atoms with van der Waals surface area (Å²) in [4.78, 5) is 38.6. The topological polar surface area (TPSA) is 126 Å². The summed E-state index contributed by atoms with van der Waals surface area (Å²) in [6.07, 6.45) is 1.51. The van der Waals surface area contributed by atoms with E-state index in [-0.39, 0.29) is 5.69 Å². The molecular formula is C29H23N5O4. The first-order chi connectivity index (χ1) is 18.5. The van der Waals surface area contributed by atoms with Crippen molar-refractivity contribution in [3.63, 3.8) is 0 Å². The number of hydrogen-bond acceptors (Lipinski definition) is 6. The van der Waals surface area contributed by atoms with Crippen molar-refractivity contribution in [2.24, 2.45) is 5.10 Å². The smallest absolute Gasteiger partial charge is 0.272 e. The quantitative estimate of drug-likeness (QED) is 0.230. The Balaban J connectivity index is 1.43. The molecule has 3 N–H and O–H groups in total. The van der Waals surface area contributed by atoms with Crippen LogP contribution >= 0.6 is 0 Å². The number of methoxy groups -OCH3 is 1. The number of nitrogens with zero attached hydrogens (tertiary/aromatic N) is 2. The molecule has 2 amide bonds. The summed E-state index contributed by atoms with van der Waals surface area (Å²) in [5.74, 6) is -0.337. The minimum atomic E-state index is -1.23. The zero-order chi connectivity index (χ0) is 26.5. The maximum Gasteiger partial charge on any atom is 0.272 e. The third kappa shape index (κ3) is 5.12. The zero-order valence-corrected chi connectivity index (χ0v) is 20.3. The maximum atomic E-state index is 13.3. The Morgan fingerprint density at radius 1 is 0.921 bits per heavy atom. The first-order valence-electron chi connectivity index (χ1n) is 11.8. The van der Waals surface area contributed by atoms with Crippen LogP contribution in [0.4, 0.5) is 0 Å². The lowest BCUT2D eigenvalue weighted by molar-refractivity contribution is -0.123. The molecule has 0 bridgehead atoms. The summed E-state index contributed by atoms with van der Waals surface area (Å²) in [5.41, 5.74) is 3.42. The molecule has 5 aromatic rings. The Hall–Kier alpha value is -5.31. The van der Waals surface area contributed by atoms with E-state index in [0.717, 1.165) is 22.1 Å². The van der Waals surface area contributed by atoms with Gasteiger partial charge in [0, 0.05) is 10.9 Å². The molecule has 0 aliphatic heterocycles. The van der Waals surface area contributed by atoms with Gasteiger partial charge in [0.05, 0.1) is 18.7 Å². The largest absolute Gasteiger partial charge is 0.497 e. The lowest BCUT2D eigenvalue weighted by Gasteiger charge is -2.18. The van der Waals surface area contributed by atoms with Gasteiger partial charge < -0.3 is 10.1 Å². The van der Waals surface area contributed by atoms with E-state index in [0.29, 0.717) is 16.3 Å². The highest BCUT2D eigenvalue weighted by Crippen LogP contribution is 2.22. The van der Waals surface area contributed by atoms with E-state index in [4.69, 9.17) is 4.74 Å². The number of H-pyrrole nitrogens is 1. The van der Waals surface area contributed by atoms with Crippen molar-refractivity contribution in [1.82, 2.24) is 20.9 Å². The molecule has 0 aliphatic rings. The van der Waals surface area contributed by atoms with Gasteiger partial charge in [0.25, 0.3) is 17.4 Å². The van der Waals surface area contributed by atoms with E-state index in [2.05, 4.69) is 26.0 Å². The van der Waals surface area contributed by atoms with E-state index in [1.165, 1.54) is 6.21 Å². The SMILES string of the molecule is COc1ccc2cc(/C=N/NC(=O)C(NC(=O)c3ccccc3)c3n[nH]c(=O)c4ccccc34)ccc2c1. The molecule has 1 atom stereocenters. The second-order valence-corrected chi connectivity index (χ2v) is 8.46. The zero-order valence-electron chi connectivity index (χ0n) is 20.3. The Kier molecular flexibility index (Phi) is 6.90. The van der Waals surface area contributed by atoms with Crippen LogP contribution in [0, 0.1) is 0 Å². The Morgan fingerprint density at radius 3 is 2.42 bits per heavy atom. The monoisotopic (exact) mass is 505 g/mol. The molecule has 9 heteroatoms. The van der Waals surface area contributed by atoms with Crippen molar-refractivity contribution in [3.8, 4) is 5.75 Å².